The van der Waals surface area contributed by atoms with Crippen molar-refractivity contribution in [2.24, 2.45) is 0 Å². The van der Waals surface area contributed by atoms with E-state index in [1.807, 2.05) is 218 Å². The molecule has 0 aliphatic rings. The summed E-state index contributed by atoms with van der Waals surface area (Å²) in [4.78, 5) is 0. The van der Waals surface area contributed by atoms with E-state index in [9.17, 15) is 0 Å². The zero-order valence-electron chi connectivity index (χ0n) is 74.1. The maximum absolute atomic E-state index is 15.9. The summed E-state index contributed by atoms with van der Waals surface area (Å²) in [6.07, 6.45) is 3.63. The molecule has 0 amide bonds. The second kappa shape index (κ2) is 39.2. The van der Waals surface area contributed by atoms with E-state index >= 15 is 9.13 Å². The third kappa shape index (κ3) is 19.4. The summed E-state index contributed by atoms with van der Waals surface area (Å²) in [6.45, 7) is 31.0. The van der Waals surface area contributed by atoms with Crippen molar-refractivity contribution in [1.29, 1.82) is 0 Å². The van der Waals surface area contributed by atoms with Crippen LogP contribution in [0.3, 0.4) is 0 Å². The van der Waals surface area contributed by atoms with E-state index in [1.165, 1.54) is 0 Å². The highest BCUT2D eigenvalue weighted by atomic mass is 31.2. The van der Waals surface area contributed by atoms with E-state index in [2.05, 4.69) is 216 Å². The van der Waals surface area contributed by atoms with Crippen LogP contribution in [0.4, 0.5) is 0 Å². The Labute approximate surface area is 753 Å². The van der Waals surface area contributed by atoms with Gasteiger partial charge in [0.1, 0.15) is 97.1 Å². The molecule has 16 aromatic carbocycles. The Morgan fingerprint density at radius 3 is 0.766 bits per heavy atom. The van der Waals surface area contributed by atoms with Crippen LogP contribution in [0, 0.1) is 69.2 Å². The molecule has 0 unspecified atom stereocenters. The molecule has 0 saturated heterocycles. The molecule has 12 heteroatoms. The topological polar surface area (TPSA) is 108 Å². The van der Waals surface area contributed by atoms with Crippen molar-refractivity contribution in [3.05, 3.63) is 453 Å². The van der Waals surface area contributed by atoms with Crippen LogP contribution in [0.15, 0.2) is 353 Å². The van der Waals surface area contributed by atoms with Gasteiger partial charge in [-0.1, -0.05) is 292 Å². The molecule has 0 radical (unpaired) electrons. The van der Waals surface area contributed by atoms with Gasteiger partial charge in [0.05, 0.1) is 10.6 Å². The van der Waals surface area contributed by atoms with Crippen LogP contribution in [-0.2, 0) is 48.8 Å². The lowest BCUT2D eigenvalue weighted by molar-refractivity contribution is 0.299. The van der Waals surface area contributed by atoms with Crippen LogP contribution < -0.4 is 69.7 Å². The highest BCUT2D eigenvalue weighted by Gasteiger charge is 2.36. The average Bonchev–Trinajstić information content (AvgIpc) is 0.751. The summed E-state index contributed by atoms with van der Waals surface area (Å²) in [6, 6.07) is 113. The molecule has 638 valence electrons. The molecule has 0 saturated carbocycles. The zero-order valence-corrected chi connectivity index (χ0v) is 75.9. The van der Waals surface area contributed by atoms with Crippen LogP contribution in [0.25, 0.3) is 45.5 Å². The van der Waals surface area contributed by atoms with Crippen molar-refractivity contribution >= 4 is 58.3 Å². The molecular weight excluding hydrogens is 1620 g/mol. The predicted molar refractivity (Wildman–Crippen MR) is 527 cm³/mol. The summed E-state index contributed by atoms with van der Waals surface area (Å²) < 4.78 is 84.6. The van der Waals surface area contributed by atoms with E-state index in [-0.39, 0.29) is 6.61 Å². The molecular formula is C116H104O10P2. The number of benzene rings is 16. The van der Waals surface area contributed by atoms with E-state index < -0.39 is 14.3 Å². The van der Waals surface area contributed by atoms with Gasteiger partial charge in [0.2, 0.25) is 0 Å². The molecule has 0 atom stereocenters. The third-order valence-corrected chi connectivity index (χ3v) is 30.1. The van der Waals surface area contributed by atoms with Gasteiger partial charge in [0, 0.05) is 21.2 Å². The van der Waals surface area contributed by atoms with Gasteiger partial charge >= 0.3 is 0 Å². The second-order valence-corrected chi connectivity index (χ2v) is 38.3. The Hall–Kier alpha value is -14.1. The van der Waals surface area contributed by atoms with E-state index in [4.69, 9.17) is 37.9 Å². The quantitative estimate of drug-likeness (QED) is 0.0369. The fourth-order valence-corrected chi connectivity index (χ4v) is 22.2. The predicted octanol–water partition coefficient (Wildman–Crippen LogP) is 27.4. The Morgan fingerprint density at radius 1 is 0.242 bits per heavy atom. The van der Waals surface area contributed by atoms with Crippen molar-refractivity contribution < 1.29 is 47.0 Å². The molecule has 0 aromatic heterocycles. The smallest absolute Gasteiger partial charge is 0.174 e. The Bertz CT molecular complexity index is 6640. The molecule has 16 aromatic rings. The lowest BCUT2D eigenvalue weighted by atomic mass is 9.88. The van der Waals surface area contributed by atoms with E-state index in [0.717, 1.165) is 168 Å². The number of aryl methyl sites for hydroxylation is 6. The van der Waals surface area contributed by atoms with Gasteiger partial charge in [0.15, 0.2) is 14.3 Å². The van der Waals surface area contributed by atoms with Gasteiger partial charge < -0.3 is 47.0 Å². The lowest BCUT2D eigenvalue weighted by Gasteiger charge is -2.23. The molecule has 0 spiro atoms. The standard InChI is InChI=1S/C116H104O10P2/c1-13-87-35-39-89(40-36-87)71-119-99-59-62-110(112(69-99)128(118,105-31-23-17-24-32-105)106-33-25-18-26-34-106)122-74-92-45-53-96(54-46-92)98-57-49-94(50-58-98)76-124-114-79(5)65-102(66-80(114)6)126-116-82(8)68-108(84(10)86(116)12)107-67-81(7)115(85(11)83(107)9)125-101-63-77(3)113(78(4)64-101)123-75-93-47-55-97(56-48-93)95-51-43-91(44-52-95)72-120-100-60-61-109(121-73-90-41-37-88(14-2)38-42-90)111(70-100)127(117,103-27-19-15-20-28-103)104-29-21-16-22-30-104/h13-70H,1-2,71-76H2,3-12H3. The minimum atomic E-state index is -3.45. The molecule has 0 aliphatic carbocycles. The van der Waals surface area contributed by atoms with Crippen LogP contribution in [0.1, 0.15) is 100 Å². The molecule has 0 heterocycles. The molecule has 0 fully saturated rings. The molecule has 16 rings (SSSR count). The summed E-state index contributed by atoms with van der Waals surface area (Å²) in [5, 5.41) is 3.98. The fraction of sp³-hybridized carbons (Fsp3) is 0.138. The maximum atomic E-state index is 15.9. The number of rotatable bonds is 33. The molecule has 10 nitrogen and oxygen atoms in total. The number of ether oxygens (including phenoxy) is 8. The largest absolute Gasteiger partial charge is 0.489 e. The second-order valence-electron chi connectivity index (χ2n) is 32.8. The Kier molecular flexibility index (Phi) is 26.7. The van der Waals surface area contributed by atoms with Gasteiger partial charge in [-0.2, -0.15) is 0 Å². The third-order valence-electron chi connectivity index (χ3n) is 23.9. The first kappa shape index (κ1) is 87.3. The Morgan fingerprint density at radius 2 is 0.492 bits per heavy atom. The highest BCUT2D eigenvalue weighted by Crippen LogP contribution is 2.50. The summed E-state index contributed by atoms with van der Waals surface area (Å²) in [5.41, 5.74) is 25.3. The highest BCUT2D eigenvalue weighted by molar-refractivity contribution is 7.86. The molecule has 128 heavy (non-hydrogen) atoms. The molecule has 0 N–H and O–H groups in total. The van der Waals surface area contributed by atoms with Crippen LogP contribution in [0.5, 0.6) is 57.5 Å². The number of hydrogen-bond acceptors (Lipinski definition) is 10. The van der Waals surface area contributed by atoms with Crippen LogP contribution >= 0.6 is 14.3 Å². The van der Waals surface area contributed by atoms with Crippen LogP contribution in [0.2, 0.25) is 0 Å². The first-order chi connectivity index (χ1) is 62.2. The zero-order chi connectivity index (χ0) is 89.0. The fourth-order valence-electron chi connectivity index (χ4n) is 16.6. The van der Waals surface area contributed by atoms with Crippen molar-refractivity contribution in [2.75, 3.05) is 0 Å². The van der Waals surface area contributed by atoms with Gasteiger partial charge in [0.25, 0.3) is 0 Å². The molecule has 0 aliphatic heterocycles. The summed E-state index contributed by atoms with van der Waals surface area (Å²) >= 11 is 0. The van der Waals surface area contributed by atoms with E-state index in [0.29, 0.717) is 87.9 Å². The summed E-state index contributed by atoms with van der Waals surface area (Å²) in [7, 11) is -6.89. The Balaban J connectivity index is 0.519. The lowest BCUT2D eigenvalue weighted by Crippen LogP contribution is -2.26. The van der Waals surface area contributed by atoms with Gasteiger partial charge in [-0.15, -0.1) is 0 Å². The minimum absolute atomic E-state index is 0.265. The van der Waals surface area contributed by atoms with Crippen molar-refractivity contribution in [1.82, 2.24) is 0 Å². The summed E-state index contributed by atoms with van der Waals surface area (Å²) in [5.74, 6) is 7.11. The van der Waals surface area contributed by atoms with Gasteiger partial charge in [-0.3, -0.25) is 0 Å². The minimum Gasteiger partial charge on any atom is -0.489 e. The van der Waals surface area contributed by atoms with Crippen molar-refractivity contribution in [3.8, 4) is 90.9 Å². The number of hydrogen-bond donors (Lipinski definition) is 0. The first-order valence-electron chi connectivity index (χ1n) is 43.3. The maximum Gasteiger partial charge on any atom is 0.174 e. The van der Waals surface area contributed by atoms with E-state index in [1.54, 1.807) is 0 Å². The van der Waals surface area contributed by atoms with Crippen molar-refractivity contribution in [2.45, 2.75) is 109 Å². The van der Waals surface area contributed by atoms with Gasteiger partial charge in [-0.05, 0) is 276 Å². The SMILES string of the molecule is C=Cc1ccc(COc2ccc(OCc3ccc(-c4ccc(COc5c(C)cc(Oc6c(C)cc(-c7cc(C)c(Oc8cc(C)c(OCc9ccc(-c%10ccc(COc%11ccc(OCc%12ccc(C=C)cc%12)c(P(=O)(c%12ccccc%12)c%12ccccc%12)c%11)cc%10)cc9)c(C)c8)c(C)c7C)c(C)c6C)cc5C)cc4)cc3)c(P(=O)(c3ccccc3)c3ccccc3)c2)cc1. The first-order valence-corrected chi connectivity index (χ1v) is 46.7. The van der Waals surface area contributed by atoms with Gasteiger partial charge in [-0.25, -0.2) is 0 Å². The molecule has 0 bridgehead atoms. The monoisotopic (exact) mass is 1720 g/mol. The van der Waals surface area contributed by atoms with Crippen molar-refractivity contribution in [3.63, 3.8) is 0 Å². The van der Waals surface area contributed by atoms with Crippen LogP contribution in [-0.4, -0.2) is 0 Å². The average molecular weight is 1720 g/mol. The normalized spacial score (nSPS) is 11.4.